The summed E-state index contributed by atoms with van der Waals surface area (Å²) in [5.74, 6) is 1.48. The predicted octanol–water partition coefficient (Wildman–Crippen LogP) is 3.07. The Bertz CT molecular complexity index is 134. The van der Waals surface area contributed by atoms with Crippen LogP contribution in [0, 0.1) is 11.8 Å². The van der Waals surface area contributed by atoms with Crippen LogP contribution in [0.5, 0.6) is 0 Å². The molecular weight excluding hydrogens is 186 g/mol. The average Bonchev–Trinajstić information content (AvgIpc) is 2.11. The fourth-order valence-electron chi connectivity index (χ4n) is 1.28. The second-order valence-corrected chi connectivity index (χ2v) is 5.25. The van der Waals surface area contributed by atoms with Crippen molar-refractivity contribution >= 4 is 0 Å². The van der Waals surface area contributed by atoms with Crippen molar-refractivity contribution in [3.05, 3.63) is 0 Å². The first-order chi connectivity index (χ1) is 7.02. The Labute approximate surface area is 95.8 Å². The third-order valence-electron chi connectivity index (χ3n) is 2.38. The maximum atomic E-state index is 5.72. The topological polar surface area (TPSA) is 21.3 Å². The molecule has 1 N–H and O–H groups in total. The molecule has 0 heterocycles. The van der Waals surface area contributed by atoms with Crippen molar-refractivity contribution in [1.29, 1.82) is 0 Å². The minimum absolute atomic E-state index is 0.392. The molecule has 0 aliphatic carbocycles. The van der Waals surface area contributed by atoms with E-state index in [1.54, 1.807) is 0 Å². The van der Waals surface area contributed by atoms with Gasteiger partial charge in [-0.1, -0.05) is 27.7 Å². The van der Waals surface area contributed by atoms with Gasteiger partial charge in [-0.05, 0) is 44.7 Å². The highest BCUT2D eigenvalue weighted by atomic mass is 16.5. The summed E-state index contributed by atoms with van der Waals surface area (Å²) in [6.45, 7) is 14.2. The van der Waals surface area contributed by atoms with E-state index in [4.69, 9.17) is 4.74 Å². The van der Waals surface area contributed by atoms with Crippen LogP contribution >= 0.6 is 0 Å². The Morgan fingerprint density at radius 2 is 1.60 bits per heavy atom. The van der Waals surface area contributed by atoms with Crippen molar-refractivity contribution in [3.63, 3.8) is 0 Å². The van der Waals surface area contributed by atoms with E-state index in [-0.39, 0.29) is 0 Å². The Morgan fingerprint density at radius 3 is 2.13 bits per heavy atom. The fourth-order valence-corrected chi connectivity index (χ4v) is 1.28. The van der Waals surface area contributed by atoms with Gasteiger partial charge in [0.05, 0.1) is 6.10 Å². The zero-order valence-electron chi connectivity index (χ0n) is 11.2. The van der Waals surface area contributed by atoms with Crippen LogP contribution in [-0.2, 0) is 4.74 Å². The van der Waals surface area contributed by atoms with Gasteiger partial charge < -0.3 is 10.1 Å². The maximum absolute atomic E-state index is 5.72. The van der Waals surface area contributed by atoms with Crippen LogP contribution in [-0.4, -0.2) is 25.8 Å². The summed E-state index contributed by atoms with van der Waals surface area (Å²) in [7, 11) is 0. The van der Waals surface area contributed by atoms with Gasteiger partial charge in [0.1, 0.15) is 0 Å². The zero-order chi connectivity index (χ0) is 11.7. The standard InChI is InChI=1S/C13H29NO/c1-11(2)7-9-15-13(5)6-8-14-10-12(3)4/h11-14H,6-10H2,1-5H3. The molecule has 0 aliphatic rings. The van der Waals surface area contributed by atoms with Crippen LogP contribution in [0.4, 0.5) is 0 Å². The molecule has 92 valence electrons. The SMILES string of the molecule is CC(C)CCOC(C)CCNCC(C)C. The second-order valence-electron chi connectivity index (χ2n) is 5.25. The van der Waals surface area contributed by atoms with Crippen LogP contribution in [0.2, 0.25) is 0 Å². The summed E-state index contributed by atoms with van der Waals surface area (Å²) in [4.78, 5) is 0. The van der Waals surface area contributed by atoms with Gasteiger partial charge in [-0.2, -0.15) is 0 Å². The van der Waals surface area contributed by atoms with E-state index in [0.29, 0.717) is 6.10 Å². The molecule has 0 radical (unpaired) electrons. The molecule has 0 aromatic carbocycles. The lowest BCUT2D eigenvalue weighted by atomic mass is 10.1. The summed E-state index contributed by atoms with van der Waals surface area (Å²) in [6, 6.07) is 0. The van der Waals surface area contributed by atoms with E-state index >= 15 is 0 Å². The van der Waals surface area contributed by atoms with Gasteiger partial charge in [0, 0.05) is 6.61 Å². The first-order valence-electron chi connectivity index (χ1n) is 6.34. The molecule has 0 fully saturated rings. The fraction of sp³-hybridized carbons (Fsp3) is 1.00. The Kier molecular flexibility index (Phi) is 9.12. The molecule has 2 nitrogen and oxygen atoms in total. The zero-order valence-corrected chi connectivity index (χ0v) is 11.2. The molecule has 0 rings (SSSR count). The smallest absolute Gasteiger partial charge is 0.0559 e. The van der Waals surface area contributed by atoms with Crippen LogP contribution in [0.1, 0.15) is 47.5 Å². The van der Waals surface area contributed by atoms with Crippen molar-refractivity contribution in [2.75, 3.05) is 19.7 Å². The molecule has 1 unspecified atom stereocenters. The molecule has 15 heavy (non-hydrogen) atoms. The van der Waals surface area contributed by atoms with E-state index in [9.17, 15) is 0 Å². The van der Waals surface area contributed by atoms with Crippen LogP contribution < -0.4 is 5.32 Å². The third-order valence-corrected chi connectivity index (χ3v) is 2.38. The quantitative estimate of drug-likeness (QED) is 0.597. The highest BCUT2D eigenvalue weighted by Crippen LogP contribution is 2.03. The number of nitrogens with one attached hydrogen (secondary N) is 1. The predicted molar refractivity (Wildman–Crippen MR) is 67.2 cm³/mol. The first-order valence-corrected chi connectivity index (χ1v) is 6.34. The highest BCUT2D eigenvalue weighted by Gasteiger charge is 2.02. The van der Waals surface area contributed by atoms with Crippen molar-refractivity contribution in [2.24, 2.45) is 11.8 Å². The lowest BCUT2D eigenvalue weighted by Crippen LogP contribution is -2.24. The molecule has 0 amide bonds. The molecule has 0 saturated heterocycles. The van der Waals surface area contributed by atoms with Crippen LogP contribution in [0.15, 0.2) is 0 Å². The normalized spacial score (nSPS) is 13.8. The van der Waals surface area contributed by atoms with E-state index in [1.807, 2.05) is 0 Å². The molecule has 0 spiro atoms. The largest absolute Gasteiger partial charge is 0.378 e. The van der Waals surface area contributed by atoms with Crippen molar-refractivity contribution in [2.45, 2.75) is 53.6 Å². The second kappa shape index (κ2) is 9.17. The molecule has 0 aromatic rings. The number of ether oxygens (including phenoxy) is 1. The maximum Gasteiger partial charge on any atom is 0.0559 e. The first kappa shape index (κ1) is 14.9. The lowest BCUT2D eigenvalue weighted by Gasteiger charge is -2.15. The van der Waals surface area contributed by atoms with E-state index in [2.05, 4.69) is 39.9 Å². The molecule has 0 aliphatic heterocycles. The van der Waals surface area contributed by atoms with Gasteiger partial charge in [-0.25, -0.2) is 0 Å². The van der Waals surface area contributed by atoms with Crippen molar-refractivity contribution < 1.29 is 4.74 Å². The van der Waals surface area contributed by atoms with Gasteiger partial charge in [-0.15, -0.1) is 0 Å². The molecule has 0 saturated carbocycles. The van der Waals surface area contributed by atoms with Gasteiger partial charge in [-0.3, -0.25) is 0 Å². The van der Waals surface area contributed by atoms with E-state index in [0.717, 1.165) is 38.0 Å². The summed E-state index contributed by atoms with van der Waals surface area (Å²) < 4.78 is 5.72. The molecule has 2 heteroatoms. The monoisotopic (exact) mass is 215 g/mol. The summed E-state index contributed by atoms with van der Waals surface area (Å²) >= 11 is 0. The lowest BCUT2D eigenvalue weighted by molar-refractivity contribution is 0.0534. The third kappa shape index (κ3) is 11.8. The number of hydrogen-bond donors (Lipinski definition) is 1. The van der Waals surface area contributed by atoms with Gasteiger partial charge in [0.25, 0.3) is 0 Å². The summed E-state index contributed by atoms with van der Waals surface area (Å²) in [5.41, 5.74) is 0. The highest BCUT2D eigenvalue weighted by molar-refractivity contribution is 4.56. The minimum atomic E-state index is 0.392. The van der Waals surface area contributed by atoms with E-state index < -0.39 is 0 Å². The Hall–Kier alpha value is -0.0800. The number of hydrogen-bond acceptors (Lipinski definition) is 2. The van der Waals surface area contributed by atoms with E-state index in [1.165, 1.54) is 6.42 Å². The van der Waals surface area contributed by atoms with Gasteiger partial charge >= 0.3 is 0 Å². The minimum Gasteiger partial charge on any atom is -0.378 e. The van der Waals surface area contributed by atoms with Crippen LogP contribution in [0.3, 0.4) is 0 Å². The summed E-state index contributed by atoms with van der Waals surface area (Å²) in [5, 5.41) is 3.43. The number of rotatable bonds is 9. The van der Waals surface area contributed by atoms with Crippen LogP contribution in [0.25, 0.3) is 0 Å². The van der Waals surface area contributed by atoms with Crippen molar-refractivity contribution in [3.8, 4) is 0 Å². The van der Waals surface area contributed by atoms with Crippen molar-refractivity contribution in [1.82, 2.24) is 5.32 Å². The average molecular weight is 215 g/mol. The molecular formula is C13H29NO. The Morgan fingerprint density at radius 1 is 0.933 bits per heavy atom. The summed E-state index contributed by atoms with van der Waals surface area (Å²) in [6.07, 6.45) is 2.68. The Balaban J connectivity index is 3.22. The molecule has 1 atom stereocenters. The van der Waals surface area contributed by atoms with Gasteiger partial charge in [0.2, 0.25) is 0 Å². The molecule has 0 bridgehead atoms. The van der Waals surface area contributed by atoms with Gasteiger partial charge in [0.15, 0.2) is 0 Å². The molecule has 0 aromatic heterocycles.